The number of hydrogen-bond donors (Lipinski definition) is 0. The van der Waals surface area contributed by atoms with Crippen molar-refractivity contribution in [2.24, 2.45) is 0 Å². The molecule has 2 heteroatoms. The molecule has 2 aliphatic heterocycles. The third kappa shape index (κ3) is 3.38. The smallest absolute Gasteiger partial charge is 0.0231 e. The van der Waals surface area contributed by atoms with Crippen LogP contribution in [0.4, 0.5) is 0 Å². The maximum absolute atomic E-state index is 2.19. The number of fused-ring (bicyclic) bond motifs is 2. The van der Waals surface area contributed by atoms with Gasteiger partial charge in [0.1, 0.15) is 0 Å². The van der Waals surface area contributed by atoms with Crippen molar-refractivity contribution in [3.05, 3.63) is 81.6 Å². The first-order valence-electron chi connectivity index (χ1n) is 6.65. The summed E-state index contributed by atoms with van der Waals surface area (Å²) in [6, 6.07) is 17.0. The molecular weight excluding hydrogens is 280 g/mol. The topological polar surface area (TPSA) is 0 Å². The highest BCUT2D eigenvalue weighted by Gasteiger charge is 2.01. The van der Waals surface area contributed by atoms with Gasteiger partial charge in [-0.2, -0.15) is 0 Å². The lowest BCUT2D eigenvalue weighted by molar-refractivity contribution is 1.39. The second-order valence-corrected chi connectivity index (χ2v) is 6.41. The van der Waals surface area contributed by atoms with Crippen LogP contribution in [0.1, 0.15) is 22.3 Å². The largest absolute Gasteiger partial charge is 0.129 e. The molecule has 100 valence electrons. The molecule has 2 aliphatic rings. The third-order valence-corrected chi connectivity index (χ3v) is 4.89. The number of benzene rings is 2. The maximum Gasteiger partial charge on any atom is 0.0231 e. The summed E-state index contributed by atoms with van der Waals surface area (Å²) in [6.07, 6.45) is 4.34. The first kappa shape index (κ1) is 13.6. The van der Waals surface area contributed by atoms with Crippen LogP contribution >= 0.6 is 23.5 Å². The van der Waals surface area contributed by atoms with Crippen LogP contribution < -0.4 is 0 Å². The second kappa shape index (κ2) is 6.87. The zero-order chi connectivity index (χ0) is 13.6. The van der Waals surface area contributed by atoms with Gasteiger partial charge in [0.2, 0.25) is 0 Å². The van der Waals surface area contributed by atoms with Gasteiger partial charge in [0.05, 0.1) is 0 Å². The van der Waals surface area contributed by atoms with E-state index in [9.17, 15) is 0 Å². The van der Waals surface area contributed by atoms with Gasteiger partial charge in [-0.05, 0) is 45.2 Å². The van der Waals surface area contributed by atoms with Gasteiger partial charge in [0.25, 0.3) is 0 Å². The Balaban J connectivity index is 0.000000121. The lowest BCUT2D eigenvalue weighted by Gasteiger charge is -2.07. The molecule has 0 aromatic heterocycles. The SMILES string of the molecule is C1=Cc2ccccc2CS1.C1=Cc2ccccc2CS1. The molecule has 2 heterocycles. The van der Waals surface area contributed by atoms with Gasteiger partial charge in [-0.25, -0.2) is 0 Å². The van der Waals surface area contributed by atoms with Crippen LogP contribution in [0.5, 0.6) is 0 Å². The minimum absolute atomic E-state index is 1.13. The van der Waals surface area contributed by atoms with Gasteiger partial charge in [-0.1, -0.05) is 48.5 Å². The summed E-state index contributed by atoms with van der Waals surface area (Å²) in [6.45, 7) is 0. The Labute approximate surface area is 129 Å². The summed E-state index contributed by atoms with van der Waals surface area (Å²) < 4.78 is 0. The molecule has 0 saturated carbocycles. The van der Waals surface area contributed by atoms with E-state index in [-0.39, 0.29) is 0 Å². The molecule has 0 N–H and O–H groups in total. The van der Waals surface area contributed by atoms with Crippen molar-refractivity contribution < 1.29 is 0 Å². The van der Waals surface area contributed by atoms with Crippen molar-refractivity contribution in [2.45, 2.75) is 11.5 Å². The highest BCUT2D eigenvalue weighted by molar-refractivity contribution is 8.01. The average Bonchev–Trinajstić information content (AvgIpc) is 2.56. The highest BCUT2D eigenvalue weighted by Crippen LogP contribution is 2.25. The molecule has 0 fully saturated rings. The molecule has 2 aromatic rings. The van der Waals surface area contributed by atoms with E-state index in [1.807, 2.05) is 23.5 Å². The fourth-order valence-corrected chi connectivity index (χ4v) is 3.74. The molecule has 0 radical (unpaired) electrons. The zero-order valence-corrected chi connectivity index (χ0v) is 12.8. The summed E-state index contributed by atoms with van der Waals surface area (Å²) in [7, 11) is 0. The lowest BCUT2D eigenvalue weighted by Crippen LogP contribution is -1.87. The molecule has 2 aromatic carbocycles. The third-order valence-electron chi connectivity index (χ3n) is 3.28. The number of hydrogen-bond acceptors (Lipinski definition) is 2. The number of thioether (sulfide) groups is 2. The van der Waals surface area contributed by atoms with Gasteiger partial charge >= 0.3 is 0 Å². The molecule has 4 rings (SSSR count). The van der Waals surface area contributed by atoms with Crippen molar-refractivity contribution in [2.75, 3.05) is 0 Å². The van der Waals surface area contributed by atoms with Gasteiger partial charge in [0.15, 0.2) is 0 Å². The fraction of sp³-hybridized carbons (Fsp3) is 0.111. The summed E-state index contributed by atoms with van der Waals surface area (Å²) in [5.74, 6) is 2.26. The molecule has 0 bridgehead atoms. The van der Waals surface area contributed by atoms with E-state index in [2.05, 4.69) is 71.5 Å². The maximum atomic E-state index is 2.19. The second-order valence-electron chi connectivity index (χ2n) is 4.63. The van der Waals surface area contributed by atoms with Crippen LogP contribution in [-0.2, 0) is 11.5 Å². The Morgan fingerprint density at radius 3 is 1.50 bits per heavy atom. The summed E-state index contributed by atoms with van der Waals surface area (Å²) in [5.41, 5.74) is 5.66. The van der Waals surface area contributed by atoms with Crippen LogP contribution in [0, 0.1) is 0 Å². The predicted octanol–water partition coefficient (Wildman–Crippen LogP) is 5.81. The lowest BCUT2D eigenvalue weighted by atomic mass is 10.1. The van der Waals surface area contributed by atoms with Crippen molar-refractivity contribution in [3.8, 4) is 0 Å². The monoisotopic (exact) mass is 296 g/mol. The zero-order valence-electron chi connectivity index (χ0n) is 11.2. The van der Waals surface area contributed by atoms with E-state index in [4.69, 9.17) is 0 Å². The normalized spacial score (nSPS) is 14.8. The molecule has 0 atom stereocenters. The van der Waals surface area contributed by atoms with Crippen molar-refractivity contribution >= 4 is 35.7 Å². The van der Waals surface area contributed by atoms with E-state index in [1.54, 1.807) is 0 Å². The van der Waals surface area contributed by atoms with Crippen molar-refractivity contribution in [1.29, 1.82) is 0 Å². The van der Waals surface area contributed by atoms with E-state index in [0.29, 0.717) is 0 Å². The average molecular weight is 296 g/mol. The van der Waals surface area contributed by atoms with E-state index in [1.165, 1.54) is 22.3 Å². The Kier molecular flexibility index (Phi) is 4.67. The Morgan fingerprint density at radius 1 is 0.600 bits per heavy atom. The Morgan fingerprint density at radius 2 is 1.05 bits per heavy atom. The molecule has 0 spiro atoms. The van der Waals surface area contributed by atoms with E-state index >= 15 is 0 Å². The van der Waals surface area contributed by atoms with Crippen LogP contribution in [0.15, 0.2) is 59.3 Å². The van der Waals surface area contributed by atoms with Gasteiger partial charge in [0, 0.05) is 11.5 Å². The number of rotatable bonds is 0. The first-order chi connectivity index (χ1) is 9.93. The summed E-state index contributed by atoms with van der Waals surface area (Å²) >= 11 is 3.71. The molecule has 20 heavy (non-hydrogen) atoms. The van der Waals surface area contributed by atoms with Crippen LogP contribution in [0.2, 0.25) is 0 Å². The molecule has 0 amide bonds. The first-order valence-corrected chi connectivity index (χ1v) is 8.75. The highest BCUT2D eigenvalue weighted by atomic mass is 32.2. The van der Waals surface area contributed by atoms with Crippen molar-refractivity contribution in [3.63, 3.8) is 0 Å². The molecule has 0 saturated heterocycles. The van der Waals surface area contributed by atoms with E-state index in [0.717, 1.165) is 11.5 Å². The van der Waals surface area contributed by atoms with Crippen molar-refractivity contribution in [1.82, 2.24) is 0 Å². The van der Waals surface area contributed by atoms with Crippen LogP contribution in [0.25, 0.3) is 12.2 Å². The molecule has 0 aliphatic carbocycles. The molecular formula is C18H16S2. The fourth-order valence-electron chi connectivity index (χ4n) is 2.18. The summed E-state index contributed by atoms with van der Waals surface area (Å²) in [5, 5.41) is 4.31. The van der Waals surface area contributed by atoms with Crippen LogP contribution in [0.3, 0.4) is 0 Å². The van der Waals surface area contributed by atoms with Gasteiger partial charge in [-0.15, -0.1) is 23.5 Å². The van der Waals surface area contributed by atoms with Gasteiger partial charge < -0.3 is 0 Å². The molecule has 0 nitrogen and oxygen atoms in total. The summed E-state index contributed by atoms with van der Waals surface area (Å²) in [4.78, 5) is 0. The minimum atomic E-state index is 1.13. The van der Waals surface area contributed by atoms with Crippen LogP contribution in [-0.4, -0.2) is 0 Å². The van der Waals surface area contributed by atoms with Gasteiger partial charge in [-0.3, -0.25) is 0 Å². The standard InChI is InChI=1S/2C9H8S/c2*1-2-4-9-7-10-6-5-8(9)3-1/h2*1-6H,7H2. The molecule has 0 unspecified atom stereocenters. The quantitative estimate of drug-likeness (QED) is 0.602. The Hall–Kier alpha value is -1.38. The minimum Gasteiger partial charge on any atom is -0.129 e. The van der Waals surface area contributed by atoms with E-state index < -0.39 is 0 Å². The Bertz CT molecular complexity index is 584. The predicted molar refractivity (Wildman–Crippen MR) is 93.5 cm³/mol.